The van der Waals surface area contributed by atoms with Gasteiger partial charge in [0.15, 0.2) is 6.04 Å². The zero-order chi connectivity index (χ0) is 20.9. The Hall–Kier alpha value is -2.17. The van der Waals surface area contributed by atoms with Crippen molar-refractivity contribution in [1.82, 2.24) is 9.21 Å². The maximum atomic E-state index is 12.6. The maximum absolute atomic E-state index is 12.6. The molecule has 2 N–H and O–H groups in total. The molecule has 0 saturated carbocycles. The zero-order valence-electron chi connectivity index (χ0n) is 16.8. The van der Waals surface area contributed by atoms with Crippen molar-refractivity contribution < 1.29 is 27.6 Å². The van der Waals surface area contributed by atoms with Gasteiger partial charge < -0.3 is 15.0 Å². The number of carbonyl (C=O) groups excluding carboxylic acids is 2. The molecule has 1 saturated heterocycles. The van der Waals surface area contributed by atoms with Crippen LogP contribution < -0.4 is 10.2 Å². The van der Waals surface area contributed by atoms with Crippen LogP contribution in [0.5, 0.6) is 0 Å². The highest BCUT2D eigenvalue weighted by atomic mass is 32.2. The topological polar surface area (TPSA) is 100 Å². The van der Waals surface area contributed by atoms with E-state index < -0.39 is 10.0 Å². The van der Waals surface area contributed by atoms with Gasteiger partial charge in [0, 0.05) is 19.8 Å². The van der Waals surface area contributed by atoms with Gasteiger partial charge in [0.2, 0.25) is 10.0 Å². The highest BCUT2D eigenvalue weighted by Gasteiger charge is 2.31. The highest BCUT2D eigenvalue weighted by molar-refractivity contribution is 7.89. The van der Waals surface area contributed by atoms with Crippen LogP contribution in [0.1, 0.15) is 13.8 Å². The van der Waals surface area contributed by atoms with Gasteiger partial charge in [-0.15, -0.1) is 0 Å². The fraction of sp³-hybridized carbons (Fsp3) is 0.556. The number of anilines is 1. The first kappa shape index (κ1) is 22.1. The lowest BCUT2D eigenvalue weighted by Crippen LogP contribution is -3.19. The summed E-state index contributed by atoms with van der Waals surface area (Å²) < 4.78 is 30.6. The fourth-order valence-corrected chi connectivity index (χ4v) is 3.95. The van der Waals surface area contributed by atoms with Crippen LogP contribution >= 0.6 is 0 Å². The molecule has 0 spiro atoms. The largest absolute Gasteiger partial charge is 0.450 e. The smallest absolute Gasteiger partial charge is 0.410 e. The van der Waals surface area contributed by atoms with E-state index in [1.165, 1.54) is 26.2 Å². The first-order valence-electron chi connectivity index (χ1n) is 9.26. The molecule has 1 aromatic rings. The van der Waals surface area contributed by atoms with Crippen molar-refractivity contribution in [3.8, 4) is 0 Å². The van der Waals surface area contributed by atoms with Crippen molar-refractivity contribution in [3.05, 3.63) is 24.3 Å². The second-order valence-corrected chi connectivity index (χ2v) is 9.02. The molecule has 1 fully saturated rings. The van der Waals surface area contributed by atoms with E-state index in [0.29, 0.717) is 38.5 Å². The van der Waals surface area contributed by atoms with Crippen molar-refractivity contribution in [2.45, 2.75) is 24.8 Å². The number of carbonyl (C=O) groups is 2. The average molecular weight is 414 g/mol. The van der Waals surface area contributed by atoms with Crippen molar-refractivity contribution in [2.75, 3.05) is 52.2 Å². The van der Waals surface area contributed by atoms with E-state index in [9.17, 15) is 18.0 Å². The van der Waals surface area contributed by atoms with Gasteiger partial charge in [-0.25, -0.2) is 17.5 Å². The summed E-state index contributed by atoms with van der Waals surface area (Å²) in [5.41, 5.74) is 0.435. The number of hydrogen-bond donors (Lipinski definition) is 2. The van der Waals surface area contributed by atoms with Crippen LogP contribution in [0, 0.1) is 0 Å². The third-order valence-electron chi connectivity index (χ3n) is 4.82. The molecule has 1 heterocycles. The molecule has 9 nitrogen and oxygen atoms in total. The predicted molar refractivity (Wildman–Crippen MR) is 105 cm³/mol. The monoisotopic (exact) mass is 413 g/mol. The minimum absolute atomic E-state index is 0.123. The van der Waals surface area contributed by atoms with E-state index in [1.54, 1.807) is 24.0 Å². The van der Waals surface area contributed by atoms with Gasteiger partial charge in [-0.05, 0) is 32.0 Å². The van der Waals surface area contributed by atoms with Crippen molar-refractivity contribution >= 4 is 27.7 Å². The number of quaternary nitrogens is 1. The minimum atomic E-state index is -3.57. The van der Waals surface area contributed by atoms with E-state index >= 15 is 0 Å². The molecule has 1 atom stereocenters. The molecule has 0 bridgehead atoms. The Labute approximate surface area is 166 Å². The number of ether oxygens (including phenoxy) is 1. The number of benzene rings is 1. The van der Waals surface area contributed by atoms with E-state index in [2.05, 4.69) is 5.32 Å². The summed E-state index contributed by atoms with van der Waals surface area (Å²) in [6, 6.07) is 5.87. The highest BCUT2D eigenvalue weighted by Crippen LogP contribution is 2.18. The fourth-order valence-electron chi connectivity index (χ4n) is 3.01. The Morgan fingerprint density at radius 1 is 1.29 bits per heavy atom. The average Bonchev–Trinajstić information content (AvgIpc) is 2.67. The summed E-state index contributed by atoms with van der Waals surface area (Å²) in [6.07, 6.45) is -0.322. The van der Waals surface area contributed by atoms with Crippen LogP contribution in [0.4, 0.5) is 10.5 Å². The SMILES string of the molecule is CCOC(=O)N1CC[NH+]([C@H](C)C(=O)Nc2cccc(S(=O)(=O)N(C)C)c2)CC1. The first-order valence-corrected chi connectivity index (χ1v) is 10.7. The van der Waals surface area contributed by atoms with Gasteiger partial charge in [0.1, 0.15) is 0 Å². The number of sulfonamides is 1. The van der Waals surface area contributed by atoms with Crippen LogP contribution in [0.25, 0.3) is 0 Å². The molecule has 0 radical (unpaired) electrons. The molecule has 28 heavy (non-hydrogen) atoms. The molecule has 2 amide bonds. The van der Waals surface area contributed by atoms with Gasteiger partial charge in [-0.1, -0.05) is 6.07 Å². The summed E-state index contributed by atoms with van der Waals surface area (Å²) in [5.74, 6) is -0.195. The molecule has 1 aromatic carbocycles. The third-order valence-corrected chi connectivity index (χ3v) is 6.63. The summed E-state index contributed by atoms with van der Waals surface area (Å²) >= 11 is 0. The number of piperazine rings is 1. The molecule has 1 aliphatic heterocycles. The summed E-state index contributed by atoms with van der Waals surface area (Å²) in [6.45, 7) is 6.28. The van der Waals surface area contributed by atoms with Gasteiger partial charge in [-0.3, -0.25) is 9.69 Å². The van der Waals surface area contributed by atoms with E-state index in [1.807, 2.05) is 6.92 Å². The number of hydrogen-bond acceptors (Lipinski definition) is 5. The number of rotatable bonds is 6. The quantitative estimate of drug-likeness (QED) is 0.662. The van der Waals surface area contributed by atoms with Gasteiger partial charge in [-0.2, -0.15) is 0 Å². The number of amides is 2. The summed E-state index contributed by atoms with van der Waals surface area (Å²) in [4.78, 5) is 27.2. The van der Waals surface area contributed by atoms with Crippen LogP contribution in [-0.2, 0) is 19.6 Å². The zero-order valence-corrected chi connectivity index (χ0v) is 17.6. The molecular weight excluding hydrogens is 384 g/mol. The van der Waals surface area contributed by atoms with Crippen molar-refractivity contribution in [1.29, 1.82) is 0 Å². The molecule has 10 heteroatoms. The van der Waals surface area contributed by atoms with E-state index in [0.717, 1.165) is 9.21 Å². The molecule has 156 valence electrons. The lowest BCUT2D eigenvalue weighted by atomic mass is 10.2. The van der Waals surface area contributed by atoms with Gasteiger partial charge in [0.05, 0.1) is 37.7 Å². The van der Waals surface area contributed by atoms with E-state index in [4.69, 9.17) is 4.74 Å². The van der Waals surface area contributed by atoms with Gasteiger partial charge in [0.25, 0.3) is 5.91 Å². The van der Waals surface area contributed by atoms with E-state index in [-0.39, 0.29) is 22.9 Å². The molecule has 0 aromatic heterocycles. The van der Waals surface area contributed by atoms with Crippen molar-refractivity contribution in [3.63, 3.8) is 0 Å². The van der Waals surface area contributed by atoms with Gasteiger partial charge >= 0.3 is 6.09 Å². The van der Waals surface area contributed by atoms with Crippen LogP contribution in [-0.4, -0.2) is 82.5 Å². The second-order valence-electron chi connectivity index (χ2n) is 6.87. The molecule has 2 rings (SSSR count). The second kappa shape index (κ2) is 9.35. The summed E-state index contributed by atoms with van der Waals surface area (Å²) in [5, 5.41) is 2.80. The maximum Gasteiger partial charge on any atom is 0.410 e. The normalized spacial score (nSPS) is 16.7. The Kier molecular flexibility index (Phi) is 7.39. The third kappa shape index (κ3) is 5.21. The minimum Gasteiger partial charge on any atom is -0.450 e. The van der Waals surface area contributed by atoms with Crippen LogP contribution in [0.3, 0.4) is 0 Å². The first-order chi connectivity index (χ1) is 13.2. The predicted octanol–water partition coefficient (Wildman–Crippen LogP) is -0.379. The molecule has 0 aliphatic carbocycles. The number of nitrogens with zero attached hydrogens (tertiary/aromatic N) is 2. The Morgan fingerprint density at radius 3 is 2.50 bits per heavy atom. The standard InChI is InChI=1S/C18H28N4O5S/c1-5-27-18(24)22-11-9-21(10-12-22)14(2)17(23)19-15-7-6-8-16(13-15)28(25,26)20(3)4/h6-8,13-14H,5,9-12H2,1-4H3,(H,19,23)/p+1/t14-/m1/s1. The molecule has 0 unspecified atom stereocenters. The lowest BCUT2D eigenvalue weighted by Gasteiger charge is -2.34. The molecule has 1 aliphatic rings. The summed E-state index contributed by atoms with van der Waals surface area (Å²) in [7, 11) is -0.647. The van der Waals surface area contributed by atoms with Crippen molar-refractivity contribution in [2.24, 2.45) is 0 Å². The number of nitrogens with one attached hydrogen (secondary N) is 2. The van der Waals surface area contributed by atoms with Crippen LogP contribution in [0.15, 0.2) is 29.2 Å². The Bertz CT molecular complexity index is 804. The Balaban J connectivity index is 1.97. The lowest BCUT2D eigenvalue weighted by molar-refractivity contribution is -0.917. The van der Waals surface area contributed by atoms with Crippen LogP contribution in [0.2, 0.25) is 0 Å². The molecular formula is C18H29N4O5S+. The Morgan fingerprint density at radius 2 is 1.93 bits per heavy atom.